The Morgan fingerprint density at radius 2 is 1.89 bits per heavy atom. The lowest BCUT2D eigenvalue weighted by molar-refractivity contribution is -0.137. The Kier molecular flexibility index (Phi) is 4.58. The Bertz CT molecular complexity index is 1160. The van der Waals surface area contributed by atoms with E-state index in [-0.39, 0.29) is 17.9 Å². The predicted molar refractivity (Wildman–Crippen MR) is 103 cm³/mol. The summed E-state index contributed by atoms with van der Waals surface area (Å²) in [5.74, 6) is -0.175. The van der Waals surface area contributed by atoms with Crippen molar-refractivity contribution in [2.24, 2.45) is 0 Å². The summed E-state index contributed by atoms with van der Waals surface area (Å²) < 4.78 is 40.5. The second kappa shape index (κ2) is 6.94. The number of rotatable bonds is 4. The van der Waals surface area contributed by atoms with Gasteiger partial charge in [0.25, 0.3) is 0 Å². The summed E-state index contributed by atoms with van der Waals surface area (Å²) in [5.41, 5.74) is 1.81. The molecule has 0 saturated carbocycles. The quantitative estimate of drug-likeness (QED) is 0.416. The van der Waals surface area contributed by atoms with Gasteiger partial charge in [-0.3, -0.25) is 4.79 Å². The van der Waals surface area contributed by atoms with Crippen LogP contribution in [0.2, 0.25) is 0 Å². The highest BCUT2D eigenvalue weighted by atomic mass is 79.9. The molecule has 28 heavy (non-hydrogen) atoms. The van der Waals surface area contributed by atoms with Crippen LogP contribution in [0.25, 0.3) is 16.6 Å². The van der Waals surface area contributed by atoms with Crippen molar-refractivity contribution in [3.05, 3.63) is 82.5 Å². The van der Waals surface area contributed by atoms with E-state index in [1.165, 1.54) is 29.2 Å². The van der Waals surface area contributed by atoms with Gasteiger partial charge in [-0.15, -0.1) is 0 Å². The second-order valence-corrected chi connectivity index (χ2v) is 7.23. The molecule has 0 saturated heterocycles. The topological polar surface area (TPSA) is 50.7 Å². The van der Waals surface area contributed by atoms with Crippen LogP contribution < -0.4 is 0 Å². The molecule has 0 aliphatic rings. The average molecular weight is 448 g/mol. The van der Waals surface area contributed by atoms with Crippen LogP contribution in [0.5, 0.6) is 0 Å². The number of fused-ring (bicyclic) bond motifs is 1. The number of H-pyrrole nitrogens is 1. The number of hydrogen-bond donors (Lipinski definition) is 1. The average Bonchev–Trinajstić information content (AvgIpc) is 3.29. The molecule has 0 fully saturated rings. The molecule has 0 spiro atoms. The van der Waals surface area contributed by atoms with Crippen molar-refractivity contribution >= 4 is 32.6 Å². The van der Waals surface area contributed by atoms with Gasteiger partial charge in [-0.2, -0.15) is 13.2 Å². The highest BCUT2D eigenvalue weighted by Crippen LogP contribution is 2.29. The molecular weight excluding hydrogens is 435 g/mol. The maximum Gasteiger partial charge on any atom is 0.416 e. The highest BCUT2D eigenvalue weighted by molar-refractivity contribution is 9.10. The third-order valence-electron chi connectivity index (χ3n) is 4.44. The predicted octanol–water partition coefficient (Wildman–Crippen LogP) is 5.56. The molecule has 4 aromatic rings. The number of aromatic amines is 1. The first-order valence-electron chi connectivity index (χ1n) is 8.31. The molecule has 0 unspecified atom stereocenters. The van der Waals surface area contributed by atoms with E-state index < -0.39 is 11.7 Å². The maximum atomic E-state index is 12.7. The van der Waals surface area contributed by atoms with Crippen LogP contribution in [0.3, 0.4) is 0 Å². The van der Waals surface area contributed by atoms with E-state index in [1.807, 2.05) is 18.2 Å². The third-order valence-corrected chi connectivity index (χ3v) is 4.93. The monoisotopic (exact) mass is 447 g/mol. The van der Waals surface area contributed by atoms with E-state index >= 15 is 0 Å². The first kappa shape index (κ1) is 18.5. The molecule has 0 amide bonds. The minimum atomic E-state index is -4.39. The second-order valence-electron chi connectivity index (χ2n) is 6.31. The van der Waals surface area contributed by atoms with Gasteiger partial charge < -0.3 is 9.55 Å². The third kappa shape index (κ3) is 3.60. The highest BCUT2D eigenvalue weighted by Gasteiger charge is 2.30. The molecule has 142 valence electrons. The van der Waals surface area contributed by atoms with Crippen LogP contribution in [0.4, 0.5) is 13.2 Å². The summed E-state index contributed by atoms with van der Waals surface area (Å²) in [5, 5.41) is 0.949. The van der Waals surface area contributed by atoms with Crippen LogP contribution in [0.15, 0.2) is 65.7 Å². The number of hydrogen-bond acceptors (Lipinski definition) is 2. The first-order chi connectivity index (χ1) is 13.3. The molecule has 0 bridgehead atoms. The summed E-state index contributed by atoms with van der Waals surface area (Å²) in [4.78, 5) is 19.9. The largest absolute Gasteiger partial charge is 0.416 e. The van der Waals surface area contributed by atoms with Crippen LogP contribution in [0.1, 0.15) is 21.6 Å². The Morgan fingerprint density at radius 1 is 1.14 bits per heavy atom. The van der Waals surface area contributed by atoms with Crippen LogP contribution >= 0.6 is 15.9 Å². The summed E-state index contributed by atoms with van der Waals surface area (Å²) in [6, 6.07) is 10.5. The minimum Gasteiger partial charge on any atom is -0.361 e. The number of benzene rings is 2. The number of carbonyl (C=O) groups excluding carboxylic acids is 1. The molecule has 1 N–H and O–H groups in total. The van der Waals surface area contributed by atoms with E-state index in [9.17, 15) is 18.0 Å². The molecule has 0 radical (unpaired) electrons. The van der Waals surface area contributed by atoms with Gasteiger partial charge in [0.2, 0.25) is 0 Å². The Morgan fingerprint density at radius 3 is 2.61 bits per heavy atom. The Balaban J connectivity index is 1.55. The van der Waals surface area contributed by atoms with Crippen molar-refractivity contribution in [1.82, 2.24) is 14.5 Å². The van der Waals surface area contributed by atoms with Crippen molar-refractivity contribution in [1.29, 1.82) is 0 Å². The van der Waals surface area contributed by atoms with Crippen molar-refractivity contribution in [2.75, 3.05) is 0 Å². The van der Waals surface area contributed by atoms with E-state index in [2.05, 4.69) is 25.9 Å². The van der Waals surface area contributed by atoms with Gasteiger partial charge in [-0.05, 0) is 48.0 Å². The fourth-order valence-electron chi connectivity index (χ4n) is 2.99. The van der Waals surface area contributed by atoms with Crippen molar-refractivity contribution in [3.63, 3.8) is 0 Å². The molecule has 2 aromatic heterocycles. The SMILES string of the molecule is O=C(Cc1c[nH]c2ccc(Br)cc12)c1cn(-c2ccc(C(F)(F)F)cc2)cn1. The molecule has 8 heteroatoms. The molecule has 2 heterocycles. The number of nitrogens with zero attached hydrogens (tertiary/aromatic N) is 2. The van der Waals surface area contributed by atoms with Crippen molar-refractivity contribution < 1.29 is 18.0 Å². The van der Waals surface area contributed by atoms with Gasteiger partial charge in [0.15, 0.2) is 5.78 Å². The molecule has 4 rings (SSSR count). The van der Waals surface area contributed by atoms with Gasteiger partial charge in [0, 0.05) is 39.9 Å². The lowest BCUT2D eigenvalue weighted by Crippen LogP contribution is -2.05. The normalized spacial score (nSPS) is 11.9. The molecule has 0 aliphatic heterocycles. The van der Waals surface area contributed by atoms with Gasteiger partial charge in [-0.25, -0.2) is 4.98 Å². The number of ketones is 1. The number of aromatic nitrogens is 3. The summed E-state index contributed by atoms with van der Waals surface area (Å²) >= 11 is 3.42. The summed E-state index contributed by atoms with van der Waals surface area (Å²) in [7, 11) is 0. The number of carbonyl (C=O) groups is 1. The first-order valence-corrected chi connectivity index (χ1v) is 9.11. The lowest BCUT2D eigenvalue weighted by Gasteiger charge is -2.07. The van der Waals surface area contributed by atoms with Gasteiger partial charge in [0.1, 0.15) is 12.0 Å². The van der Waals surface area contributed by atoms with E-state index in [0.29, 0.717) is 5.69 Å². The van der Waals surface area contributed by atoms with Crippen LogP contribution in [-0.2, 0) is 12.6 Å². The zero-order valence-electron chi connectivity index (χ0n) is 14.3. The molecule has 0 atom stereocenters. The van der Waals surface area contributed by atoms with Crippen molar-refractivity contribution in [2.45, 2.75) is 12.6 Å². The Hall–Kier alpha value is -2.87. The zero-order chi connectivity index (χ0) is 19.9. The number of halogens is 4. The molecule has 4 nitrogen and oxygen atoms in total. The number of imidazole rings is 1. The Labute approximate surface area is 166 Å². The fourth-order valence-corrected chi connectivity index (χ4v) is 3.35. The number of alkyl halides is 3. The van der Waals surface area contributed by atoms with Crippen LogP contribution in [-0.4, -0.2) is 20.3 Å². The van der Waals surface area contributed by atoms with Gasteiger partial charge in [-0.1, -0.05) is 15.9 Å². The standard InChI is InChI=1S/C20H13BrF3N3O/c21-14-3-6-17-16(8-14)12(9-25-17)7-19(28)18-10-27(11-26-18)15-4-1-13(2-5-15)20(22,23)24/h1-6,8-11,25H,7H2. The lowest BCUT2D eigenvalue weighted by atomic mass is 10.1. The minimum absolute atomic E-state index is 0.167. The molecule has 0 aliphatic carbocycles. The zero-order valence-corrected chi connectivity index (χ0v) is 15.9. The van der Waals surface area contributed by atoms with Crippen LogP contribution in [0, 0.1) is 0 Å². The molecular formula is C20H13BrF3N3O. The van der Waals surface area contributed by atoms with Gasteiger partial charge >= 0.3 is 6.18 Å². The fraction of sp³-hybridized carbons (Fsp3) is 0.100. The van der Waals surface area contributed by atoms with Gasteiger partial charge in [0.05, 0.1) is 5.56 Å². The summed E-state index contributed by atoms with van der Waals surface area (Å²) in [6.45, 7) is 0. The number of Topliss-reactive ketones (excluding diaryl/α,β-unsaturated/α-hetero) is 1. The van der Waals surface area contributed by atoms with E-state index in [4.69, 9.17) is 0 Å². The van der Waals surface area contributed by atoms with E-state index in [1.54, 1.807) is 6.20 Å². The van der Waals surface area contributed by atoms with E-state index in [0.717, 1.165) is 33.1 Å². The summed E-state index contributed by atoms with van der Waals surface area (Å²) in [6.07, 6.45) is 0.516. The maximum absolute atomic E-state index is 12.7. The van der Waals surface area contributed by atoms with Crippen molar-refractivity contribution in [3.8, 4) is 5.69 Å². The molecule has 2 aromatic carbocycles. The number of nitrogens with one attached hydrogen (secondary N) is 1. The smallest absolute Gasteiger partial charge is 0.361 e.